The SMILES string of the molecule is Clc1cnccc1OCC1CCN(Cc2nnc3n2CCC3)CC1. The van der Waals surface area contributed by atoms with Crippen molar-refractivity contribution < 1.29 is 4.74 Å². The number of aryl methyl sites for hydroxylation is 1. The highest BCUT2D eigenvalue weighted by atomic mass is 35.5. The Morgan fingerprint density at radius 2 is 2.08 bits per heavy atom. The molecule has 0 spiro atoms. The summed E-state index contributed by atoms with van der Waals surface area (Å²) in [5.41, 5.74) is 0. The van der Waals surface area contributed by atoms with E-state index >= 15 is 0 Å². The first-order valence-electron chi connectivity index (χ1n) is 8.65. The van der Waals surface area contributed by atoms with E-state index in [1.807, 2.05) is 6.07 Å². The van der Waals surface area contributed by atoms with Crippen molar-refractivity contribution >= 4 is 11.6 Å². The summed E-state index contributed by atoms with van der Waals surface area (Å²) in [6.07, 6.45) is 7.89. The highest BCUT2D eigenvalue weighted by Gasteiger charge is 2.23. The molecule has 0 atom stereocenters. The van der Waals surface area contributed by atoms with Crippen molar-refractivity contribution in [1.82, 2.24) is 24.6 Å². The molecule has 128 valence electrons. The van der Waals surface area contributed by atoms with Gasteiger partial charge < -0.3 is 9.30 Å². The summed E-state index contributed by atoms with van der Waals surface area (Å²) in [5, 5.41) is 9.24. The Kier molecular flexibility index (Phi) is 4.67. The third-order valence-electron chi connectivity index (χ3n) is 4.97. The quantitative estimate of drug-likeness (QED) is 0.832. The number of hydrogen-bond acceptors (Lipinski definition) is 5. The molecule has 0 aromatic carbocycles. The topological polar surface area (TPSA) is 56.1 Å². The number of likely N-dealkylation sites (tertiary alicyclic amines) is 1. The van der Waals surface area contributed by atoms with Crippen LogP contribution in [0.4, 0.5) is 0 Å². The van der Waals surface area contributed by atoms with Crippen LogP contribution in [0, 0.1) is 5.92 Å². The van der Waals surface area contributed by atoms with Crippen molar-refractivity contribution in [3.8, 4) is 5.75 Å². The summed E-state index contributed by atoms with van der Waals surface area (Å²) in [4.78, 5) is 6.46. The van der Waals surface area contributed by atoms with Crippen molar-refractivity contribution in [2.75, 3.05) is 19.7 Å². The molecule has 0 amide bonds. The summed E-state index contributed by atoms with van der Waals surface area (Å²) < 4.78 is 8.15. The van der Waals surface area contributed by atoms with Crippen LogP contribution in [0.2, 0.25) is 5.02 Å². The molecule has 1 fully saturated rings. The smallest absolute Gasteiger partial charge is 0.147 e. The molecule has 0 unspecified atom stereocenters. The maximum Gasteiger partial charge on any atom is 0.147 e. The number of nitrogens with zero attached hydrogens (tertiary/aromatic N) is 5. The third kappa shape index (κ3) is 3.39. The van der Waals surface area contributed by atoms with Crippen LogP contribution in [-0.4, -0.2) is 44.3 Å². The van der Waals surface area contributed by atoms with Gasteiger partial charge in [0.2, 0.25) is 0 Å². The zero-order valence-electron chi connectivity index (χ0n) is 13.7. The lowest BCUT2D eigenvalue weighted by Crippen LogP contribution is -2.35. The average molecular weight is 348 g/mol. The fraction of sp³-hybridized carbons (Fsp3) is 0.588. The van der Waals surface area contributed by atoms with Gasteiger partial charge in [-0.05, 0) is 38.3 Å². The molecule has 24 heavy (non-hydrogen) atoms. The number of fused-ring (bicyclic) bond motifs is 1. The predicted molar refractivity (Wildman–Crippen MR) is 91.1 cm³/mol. The highest BCUT2D eigenvalue weighted by Crippen LogP contribution is 2.25. The van der Waals surface area contributed by atoms with Crippen molar-refractivity contribution in [2.24, 2.45) is 5.92 Å². The van der Waals surface area contributed by atoms with Gasteiger partial charge in [0.15, 0.2) is 0 Å². The number of halogens is 1. The number of rotatable bonds is 5. The van der Waals surface area contributed by atoms with Crippen LogP contribution in [0.25, 0.3) is 0 Å². The normalized spacial score (nSPS) is 18.7. The Morgan fingerprint density at radius 3 is 2.92 bits per heavy atom. The molecule has 2 aliphatic rings. The van der Waals surface area contributed by atoms with Gasteiger partial charge in [0.1, 0.15) is 22.4 Å². The highest BCUT2D eigenvalue weighted by molar-refractivity contribution is 6.31. The van der Waals surface area contributed by atoms with Crippen LogP contribution in [-0.2, 0) is 19.5 Å². The monoisotopic (exact) mass is 347 g/mol. The second kappa shape index (κ2) is 7.07. The first kappa shape index (κ1) is 15.8. The summed E-state index contributed by atoms with van der Waals surface area (Å²) in [7, 11) is 0. The van der Waals surface area contributed by atoms with E-state index in [0.29, 0.717) is 10.9 Å². The fourth-order valence-electron chi connectivity index (χ4n) is 3.53. The molecule has 0 N–H and O–H groups in total. The second-order valence-electron chi connectivity index (χ2n) is 6.62. The minimum Gasteiger partial charge on any atom is -0.492 e. The van der Waals surface area contributed by atoms with E-state index in [1.54, 1.807) is 12.4 Å². The van der Waals surface area contributed by atoms with Gasteiger partial charge in [-0.25, -0.2) is 0 Å². The lowest BCUT2D eigenvalue weighted by atomic mass is 9.98. The molecular formula is C17H22ClN5O. The van der Waals surface area contributed by atoms with E-state index < -0.39 is 0 Å². The Bertz CT molecular complexity index is 696. The number of aromatic nitrogens is 4. The van der Waals surface area contributed by atoms with Gasteiger partial charge >= 0.3 is 0 Å². The molecule has 1 saturated heterocycles. The lowest BCUT2D eigenvalue weighted by molar-refractivity contribution is 0.133. The van der Waals surface area contributed by atoms with E-state index in [1.165, 1.54) is 6.42 Å². The van der Waals surface area contributed by atoms with Crippen molar-refractivity contribution in [3.63, 3.8) is 0 Å². The molecule has 7 heteroatoms. The van der Waals surface area contributed by atoms with Crippen LogP contribution in [0.1, 0.15) is 30.9 Å². The zero-order valence-corrected chi connectivity index (χ0v) is 14.5. The average Bonchev–Trinajstić information content (AvgIpc) is 3.21. The van der Waals surface area contributed by atoms with Crippen molar-refractivity contribution in [3.05, 3.63) is 35.1 Å². The summed E-state index contributed by atoms with van der Waals surface area (Å²) >= 11 is 6.08. The maximum atomic E-state index is 6.08. The van der Waals surface area contributed by atoms with E-state index in [2.05, 4.69) is 24.6 Å². The van der Waals surface area contributed by atoms with E-state index in [4.69, 9.17) is 16.3 Å². The largest absolute Gasteiger partial charge is 0.492 e. The Balaban J connectivity index is 1.25. The zero-order chi connectivity index (χ0) is 16.4. The number of pyridine rings is 1. The molecule has 0 radical (unpaired) electrons. The molecule has 4 heterocycles. The fourth-order valence-corrected chi connectivity index (χ4v) is 3.70. The number of piperidine rings is 1. The van der Waals surface area contributed by atoms with Gasteiger partial charge in [0.05, 0.1) is 13.2 Å². The number of ether oxygens (including phenoxy) is 1. The summed E-state index contributed by atoms with van der Waals surface area (Å²) in [6.45, 7) is 4.88. The minimum atomic E-state index is 0.578. The molecule has 6 nitrogen and oxygen atoms in total. The van der Waals surface area contributed by atoms with E-state index in [0.717, 1.165) is 69.4 Å². The van der Waals surface area contributed by atoms with E-state index in [-0.39, 0.29) is 0 Å². The molecule has 2 aromatic rings. The Hall–Kier alpha value is -1.66. The first-order valence-corrected chi connectivity index (χ1v) is 9.03. The van der Waals surface area contributed by atoms with Gasteiger partial charge in [-0.2, -0.15) is 0 Å². The van der Waals surface area contributed by atoms with Gasteiger partial charge in [0, 0.05) is 31.4 Å². The molecule has 2 aromatic heterocycles. The second-order valence-corrected chi connectivity index (χ2v) is 7.03. The molecule has 0 aliphatic carbocycles. The minimum absolute atomic E-state index is 0.578. The molecular weight excluding hydrogens is 326 g/mol. The van der Waals surface area contributed by atoms with Gasteiger partial charge in [-0.3, -0.25) is 9.88 Å². The molecule has 4 rings (SSSR count). The lowest BCUT2D eigenvalue weighted by Gasteiger charge is -2.31. The maximum absolute atomic E-state index is 6.08. The molecule has 0 bridgehead atoms. The van der Waals surface area contributed by atoms with Crippen molar-refractivity contribution in [2.45, 2.75) is 38.8 Å². The van der Waals surface area contributed by atoms with Crippen LogP contribution >= 0.6 is 11.6 Å². The van der Waals surface area contributed by atoms with Crippen LogP contribution in [0.5, 0.6) is 5.75 Å². The Labute approximate surface area is 146 Å². The predicted octanol–water partition coefficient (Wildman–Crippen LogP) is 2.56. The third-order valence-corrected chi connectivity index (χ3v) is 5.25. The number of hydrogen-bond donors (Lipinski definition) is 0. The Morgan fingerprint density at radius 1 is 1.21 bits per heavy atom. The summed E-state index contributed by atoms with van der Waals surface area (Å²) in [5.74, 6) is 3.59. The molecule has 2 aliphatic heterocycles. The first-order chi connectivity index (χ1) is 11.8. The summed E-state index contributed by atoms with van der Waals surface area (Å²) in [6, 6.07) is 1.82. The standard InChI is InChI=1S/C17H22ClN5O/c18-14-10-19-6-3-15(14)24-12-13-4-8-22(9-5-13)11-17-21-20-16-2-1-7-23(16)17/h3,6,10,13H,1-2,4-5,7-9,11-12H2. The molecule has 0 saturated carbocycles. The van der Waals surface area contributed by atoms with Crippen LogP contribution in [0.15, 0.2) is 18.5 Å². The van der Waals surface area contributed by atoms with Crippen LogP contribution < -0.4 is 4.74 Å². The van der Waals surface area contributed by atoms with Crippen LogP contribution in [0.3, 0.4) is 0 Å². The van der Waals surface area contributed by atoms with Crippen molar-refractivity contribution in [1.29, 1.82) is 0 Å². The van der Waals surface area contributed by atoms with Gasteiger partial charge in [0.25, 0.3) is 0 Å². The van der Waals surface area contributed by atoms with Gasteiger partial charge in [-0.15, -0.1) is 10.2 Å². The van der Waals surface area contributed by atoms with Gasteiger partial charge in [-0.1, -0.05) is 11.6 Å². The van der Waals surface area contributed by atoms with E-state index in [9.17, 15) is 0 Å².